The van der Waals surface area contributed by atoms with Crippen LogP contribution in [0.4, 0.5) is 0 Å². The van der Waals surface area contributed by atoms with Crippen molar-refractivity contribution in [2.24, 2.45) is 5.41 Å². The van der Waals surface area contributed by atoms with Crippen molar-refractivity contribution < 1.29 is 14.3 Å². The monoisotopic (exact) mass is 442 g/mol. The van der Waals surface area contributed by atoms with Crippen LogP contribution in [0.1, 0.15) is 27.9 Å². The van der Waals surface area contributed by atoms with Crippen molar-refractivity contribution in [3.05, 3.63) is 95.6 Å². The highest BCUT2D eigenvalue weighted by molar-refractivity contribution is 5.95. The molecular formula is C28H30N2O3. The smallest absolute Gasteiger partial charge is 0.253 e. The Balaban J connectivity index is 1.59. The van der Waals surface area contributed by atoms with Crippen molar-refractivity contribution in [3.8, 4) is 11.1 Å². The summed E-state index contributed by atoms with van der Waals surface area (Å²) in [7, 11) is 3.32. The average Bonchev–Trinajstić information content (AvgIpc) is 3.30. The Labute approximate surface area is 195 Å². The van der Waals surface area contributed by atoms with Gasteiger partial charge in [0.15, 0.2) is 0 Å². The number of amides is 2. The maximum Gasteiger partial charge on any atom is 0.253 e. The fraction of sp³-hybridized carbons (Fsp3) is 0.286. The van der Waals surface area contributed by atoms with Crippen LogP contribution in [0.5, 0.6) is 0 Å². The minimum Gasteiger partial charge on any atom is -0.380 e. The summed E-state index contributed by atoms with van der Waals surface area (Å²) in [5.41, 5.74) is 4.36. The van der Waals surface area contributed by atoms with Gasteiger partial charge >= 0.3 is 0 Å². The fourth-order valence-electron chi connectivity index (χ4n) is 4.75. The maximum atomic E-state index is 13.2. The molecule has 3 aromatic rings. The van der Waals surface area contributed by atoms with Gasteiger partial charge in [-0.25, -0.2) is 0 Å². The van der Waals surface area contributed by atoms with Crippen LogP contribution in [-0.2, 0) is 22.6 Å². The number of hydrogen-bond donors (Lipinski definition) is 1. The number of likely N-dealkylation sites (tertiary alicyclic amines) is 1. The molecule has 1 unspecified atom stereocenters. The largest absolute Gasteiger partial charge is 0.380 e. The first-order chi connectivity index (χ1) is 16.1. The van der Waals surface area contributed by atoms with E-state index < -0.39 is 5.41 Å². The molecule has 1 aliphatic rings. The van der Waals surface area contributed by atoms with Crippen molar-refractivity contribution in [3.63, 3.8) is 0 Å². The Morgan fingerprint density at radius 2 is 1.67 bits per heavy atom. The van der Waals surface area contributed by atoms with Gasteiger partial charge in [0.1, 0.15) is 0 Å². The van der Waals surface area contributed by atoms with Crippen molar-refractivity contribution in [2.45, 2.75) is 19.4 Å². The third-order valence-corrected chi connectivity index (χ3v) is 6.49. The highest BCUT2D eigenvalue weighted by Gasteiger charge is 2.46. The van der Waals surface area contributed by atoms with Gasteiger partial charge in [-0.2, -0.15) is 0 Å². The lowest BCUT2D eigenvalue weighted by molar-refractivity contribution is -0.129. The lowest BCUT2D eigenvalue weighted by Gasteiger charge is -2.28. The van der Waals surface area contributed by atoms with Crippen LogP contribution in [0.3, 0.4) is 0 Å². The average molecular weight is 443 g/mol. The van der Waals surface area contributed by atoms with Gasteiger partial charge in [-0.1, -0.05) is 66.7 Å². The number of carbonyl (C=O) groups is 2. The summed E-state index contributed by atoms with van der Waals surface area (Å²) in [5, 5.41) is 2.86. The molecule has 2 amide bonds. The number of nitrogens with one attached hydrogen (secondary N) is 1. The van der Waals surface area contributed by atoms with Crippen molar-refractivity contribution in [1.29, 1.82) is 0 Å². The van der Waals surface area contributed by atoms with Crippen LogP contribution in [0.2, 0.25) is 0 Å². The molecular weight excluding hydrogens is 412 g/mol. The summed E-state index contributed by atoms with van der Waals surface area (Å²) in [6.45, 7) is 1.47. The molecule has 0 aromatic heterocycles. The number of nitrogens with zero attached hydrogens (tertiary/aromatic N) is 1. The molecule has 1 N–H and O–H groups in total. The third kappa shape index (κ3) is 4.83. The molecule has 170 valence electrons. The topological polar surface area (TPSA) is 58.6 Å². The van der Waals surface area contributed by atoms with E-state index in [1.165, 1.54) is 0 Å². The maximum absolute atomic E-state index is 13.2. The predicted octanol–water partition coefficient (Wildman–Crippen LogP) is 4.32. The Kier molecular flexibility index (Phi) is 6.90. The SMILES string of the molecule is CNC(=O)C1(Cc2ccccc2-c2ccccc2)CCN(C(=O)c2ccc(COC)cc2)C1. The molecule has 33 heavy (non-hydrogen) atoms. The summed E-state index contributed by atoms with van der Waals surface area (Å²) < 4.78 is 5.15. The van der Waals surface area contributed by atoms with E-state index in [-0.39, 0.29) is 11.8 Å². The van der Waals surface area contributed by atoms with E-state index in [2.05, 4.69) is 29.6 Å². The van der Waals surface area contributed by atoms with Crippen molar-refractivity contribution >= 4 is 11.8 Å². The van der Waals surface area contributed by atoms with Gasteiger partial charge in [0, 0.05) is 32.8 Å². The molecule has 1 saturated heterocycles. The van der Waals surface area contributed by atoms with Gasteiger partial charge in [0.2, 0.25) is 5.91 Å². The summed E-state index contributed by atoms with van der Waals surface area (Å²) in [6, 6.07) is 25.9. The zero-order valence-electron chi connectivity index (χ0n) is 19.2. The molecule has 1 atom stereocenters. The van der Waals surface area contributed by atoms with E-state index in [4.69, 9.17) is 4.74 Å². The lowest BCUT2D eigenvalue weighted by Crippen LogP contribution is -2.44. The summed E-state index contributed by atoms with van der Waals surface area (Å²) >= 11 is 0. The van der Waals surface area contributed by atoms with Crippen LogP contribution >= 0.6 is 0 Å². The van der Waals surface area contributed by atoms with E-state index in [1.54, 1.807) is 14.2 Å². The lowest BCUT2D eigenvalue weighted by atomic mass is 9.78. The summed E-state index contributed by atoms with van der Waals surface area (Å²) in [6.07, 6.45) is 1.21. The predicted molar refractivity (Wildman–Crippen MR) is 130 cm³/mol. The van der Waals surface area contributed by atoms with E-state index in [0.717, 1.165) is 22.3 Å². The molecule has 0 saturated carbocycles. The fourth-order valence-corrected chi connectivity index (χ4v) is 4.75. The molecule has 0 radical (unpaired) electrons. The van der Waals surface area contributed by atoms with Crippen molar-refractivity contribution in [1.82, 2.24) is 10.2 Å². The number of rotatable bonds is 7. The second-order valence-corrected chi connectivity index (χ2v) is 8.67. The second-order valence-electron chi connectivity index (χ2n) is 8.67. The van der Waals surface area contributed by atoms with Crippen LogP contribution < -0.4 is 5.32 Å². The zero-order valence-corrected chi connectivity index (χ0v) is 19.2. The Morgan fingerprint density at radius 1 is 0.970 bits per heavy atom. The molecule has 1 heterocycles. The molecule has 5 nitrogen and oxygen atoms in total. The molecule has 0 bridgehead atoms. The van der Waals surface area contributed by atoms with E-state index >= 15 is 0 Å². The molecule has 0 aliphatic carbocycles. The summed E-state index contributed by atoms with van der Waals surface area (Å²) in [4.78, 5) is 28.2. The Morgan fingerprint density at radius 3 is 2.36 bits per heavy atom. The normalized spacial score (nSPS) is 17.7. The minimum absolute atomic E-state index is 0.0175. The molecule has 4 rings (SSSR count). The first kappa shape index (κ1) is 22.7. The van der Waals surface area contributed by atoms with Crippen LogP contribution in [0, 0.1) is 5.41 Å². The zero-order chi connectivity index (χ0) is 23.3. The van der Waals surface area contributed by atoms with Gasteiger partial charge < -0.3 is 15.0 Å². The molecule has 1 fully saturated rings. The van der Waals surface area contributed by atoms with E-state index in [9.17, 15) is 9.59 Å². The number of hydrogen-bond acceptors (Lipinski definition) is 3. The third-order valence-electron chi connectivity index (χ3n) is 6.49. The Bertz CT molecular complexity index is 1110. The van der Waals surface area contributed by atoms with Gasteiger partial charge in [0.25, 0.3) is 5.91 Å². The molecule has 0 spiro atoms. The number of benzene rings is 3. The summed E-state index contributed by atoms with van der Waals surface area (Å²) in [5.74, 6) is -0.0582. The van der Waals surface area contributed by atoms with Crippen LogP contribution in [-0.4, -0.2) is 44.0 Å². The molecule has 5 heteroatoms. The van der Waals surface area contributed by atoms with Crippen LogP contribution in [0.25, 0.3) is 11.1 Å². The minimum atomic E-state index is -0.661. The van der Waals surface area contributed by atoms with Gasteiger partial charge in [-0.3, -0.25) is 9.59 Å². The van der Waals surface area contributed by atoms with Gasteiger partial charge in [0.05, 0.1) is 12.0 Å². The quantitative estimate of drug-likeness (QED) is 0.593. The Hall–Kier alpha value is -3.44. The van der Waals surface area contributed by atoms with E-state index in [1.807, 2.05) is 59.5 Å². The first-order valence-electron chi connectivity index (χ1n) is 11.3. The van der Waals surface area contributed by atoms with E-state index in [0.29, 0.717) is 38.1 Å². The number of methoxy groups -OCH3 is 1. The number of ether oxygens (including phenoxy) is 1. The molecule has 1 aliphatic heterocycles. The standard InChI is InChI=1S/C28H30N2O3/c1-29-27(32)28(18-24-10-6-7-11-25(24)22-8-4-3-5-9-22)16-17-30(20-28)26(31)23-14-12-21(13-15-23)19-33-2/h3-15H,16-20H2,1-2H3,(H,29,32). The number of carbonyl (C=O) groups excluding carboxylic acids is 2. The second kappa shape index (κ2) is 10.0. The highest BCUT2D eigenvalue weighted by atomic mass is 16.5. The first-order valence-corrected chi connectivity index (χ1v) is 11.3. The van der Waals surface area contributed by atoms with Crippen molar-refractivity contribution in [2.75, 3.05) is 27.2 Å². The van der Waals surface area contributed by atoms with Crippen LogP contribution in [0.15, 0.2) is 78.9 Å². The van der Waals surface area contributed by atoms with Gasteiger partial charge in [-0.05, 0) is 47.2 Å². The highest BCUT2D eigenvalue weighted by Crippen LogP contribution is 2.38. The van der Waals surface area contributed by atoms with Gasteiger partial charge in [-0.15, -0.1) is 0 Å². The molecule has 3 aromatic carbocycles.